The van der Waals surface area contributed by atoms with E-state index in [1.807, 2.05) is 0 Å². The van der Waals surface area contributed by atoms with Gasteiger partial charge in [0.25, 0.3) is 0 Å². The molecule has 1 unspecified atom stereocenters. The summed E-state index contributed by atoms with van der Waals surface area (Å²) in [7, 11) is 1.74. The molecule has 2 rings (SSSR count). The van der Waals surface area contributed by atoms with Gasteiger partial charge in [0.1, 0.15) is 0 Å². The monoisotopic (exact) mass is 235 g/mol. The van der Waals surface area contributed by atoms with Crippen LogP contribution in [0.15, 0.2) is 29.6 Å². The molecule has 0 radical (unpaired) electrons. The Bertz CT molecular complexity index is 452. The number of hydrogen-bond donors (Lipinski definition) is 1. The molecule has 0 saturated carbocycles. The van der Waals surface area contributed by atoms with Crippen LogP contribution < -0.4 is 5.32 Å². The summed E-state index contributed by atoms with van der Waals surface area (Å²) in [6, 6.07) is 9.12. The van der Waals surface area contributed by atoms with Crippen LogP contribution in [0.4, 0.5) is 5.69 Å². The molecule has 0 aliphatic carbocycles. The predicted molar refractivity (Wildman–Crippen MR) is 71.4 cm³/mol. The molecule has 0 bridgehead atoms. The van der Waals surface area contributed by atoms with E-state index < -0.39 is 0 Å². The summed E-state index contributed by atoms with van der Waals surface area (Å²) in [6.45, 7) is 2.98. The molecule has 16 heavy (non-hydrogen) atoms. The van der Waals surface area contributed by atoms with Gasteiger partial charge in [-0.25, -0.2) is 0 Å². The van der Waals surface area contributed by atoms with E-state index in [0.717, 1.165) is 13.0 Å². The summed E-state index contributed by atoms with van der Waals surface area (Å²) < 4.78 is 6.41. The van der Waals surface area contributed by atoms with Crippen molar-refractivity contribution < 1.29 is 4.74 Å². The molecule has 0 amide bonds. The Kier molecular flexibility index (Phi) is 3.80. The zero-order chi connectivity index (χ0) is 11.4. The summed E-state index contributed by atoms with van der Waals surface area (Å²) in [4.78, 5) is 0. The van der Waals surface area contributed by atoms with Gasteiger partial charge in [-0.2, -0.15) is 0 Å². The third kappa shape index (κ3) is 2.74. The number of thiophene rings is 1. The number of benzene rings is 1. The average Bonchev–Trinajstić information content (AvgIpc) is 2.73. The Morgan fingerprint density at radius 2 is 2.25 bits per heavy atom. The van der Waals surface area contributed by atoms with Gasteiger partial charge in [0.15, 0.2) is 0 Å². The van der Waals surface area contributed by atoms with Gasteiger partial charge in [-0.3, -0.25) is 0 Å². The minimum Gasteiger partial charge on any atom is -0.385 e. The lowest BCUT2D eigenvalue weighted by molar-refractivity contribution is 0.191. The summed E-state index contributed by atoms with van der Waals surface area (Å²) in [5.74, 6) is 0. The molecule has 0 aliphatic rings. The van der Waals surface area contributed by atoms with Crippen molar-refractivity contribution in [2.24, 2.45) is 0 Å². The number of nitrogens with one attached hydrogen (secondary N) is 1. The van der Waals surface area contributed by atoms with E-state index in [0.29, 0.717) is 6.04 Å². The highest BCUT2D eigenvalue weighted by atomic mass is 32.1. The number of ether oxygens (including phenoxy) is 1. The van der Waals surface area contributed by atoms with Crippen LogP contribution in [0.3, 0.4) is 0 Å². The van der Waals surface area contributed by atoms with Crippen molar-refractivity contribution >= 4 is 27.1 Å². The van der Waals surface area contributed by atoms with Crippen molar-refractivity contribution in [1.29, 1.82) is 0 Å². The van der Waals surface area contributed by atoms with Crippen LogP contribution in [0.1, 0.15) is 13.3 Å². The molecule has 0 spiro atoms. The van der Waals surface area contributed by atoms with Crippen molar-refractivity contribution in [3.8, 4) is 0 Å². The van der Waals surface area contributed by atoms with Crippen molar-refractivity contribution in [3.05, 3.63) is 29.6 Å². The normalized spacial score (nSPS) is 12.9. The summed E-state index contributed by atoms with van der Waals surface area (Å²) in [6.07, 6.45) is 1.03. The van der Waals surface area contributed by atoms with Crippen molar-refractivity contribution in [2.75, 3.05) is 19.0 Å². The van der Waals surface area contributed by atoms with E-state index in [1.165, 1.54) is 15.8 Å². The third-order valence-corrected chi connectivity index (χ3v) is 3.52. The van der Waals surface area contributed by atoms with E-state index in [2.05, 4.69) is 41.9 Å². The second-order valence-corrected chi connectivity index (χ2v) is 4.95. The Morgan fingerprint density at radius 1 is 1.38 bits per heavy atom. The van der Waals surface area contributed by atoms with Crippen molar-refractivity contribution in [3.63, 3.8) is 0 Å². The van der Waals surface area contributed by atoms with Crippen LogP contribution in [0.5, 0.6) is 0 Å². The van der Waals surface area contributed by atoms with Crippen LogP contribution in [-0.4, -0.2) is 19.8 Å². The molecule has 1 aromatic heterocycles. The fraction of sp³-hybridized carbons (Fsp3) is 0.385. The SMILES string of the molecule is COCCC(C)Nc1ccc2sccc2c1. The van der Waals surface area contributed by atoms with Gasteiger partial charge >= 0.3 is 0 Å². The van der Waals surface area contributed by atoms with Gasteiger partial charge in [0.2, 0.25) is 0 Å². The molecule has 2 nitrogen and oxygen atoms in total. The minimum atomic E-state index is 0.441. The highest BCUT2D eigenvalue weighted by Crippen LogP contribution is 2.24. The summed E-state index contributed by atoms with van der Waals surface area (Å²) in [5.41, 5.74) is 1.19. The lowest BCUT2D eigenvalue weighted by atomic mass is 10.2. The van der Waals surface area contributed by atoms with Gasteiger partial charge < -0.3 is 10.1 Å². The first kappa shape index (κ1) is 11.4. The minimum absolute atomic E-state index is 0.441. The standard InChI is InChI=1S/C13H17NOS/c1-10(5-7-15-2)14-12-3-4-13-11(9-12)6-8-16-13/h3-4,6,8-10,14H,5,7H2,1-2H3. The molecule has 1 N–H and O–H groups in total. The van der Waals surface area contributed by atoms with E-state index in [1.54, 1.807) is 18.4 Å². The largest absolute Gasteiger partial charge is 0.385 e. The van der Waals surface area contributed by atoms with Crippen LogP contribution in [0, 0.1) is 0 Å². The molecule has 86 valence electrons. The Balaban J connectivity index is 2.03. The van der Waals surface area contributed by atoms with Gasteiger partial charge in [-0.15, -0.1) is 11.3 Å². The highest BCUT2D eigenvalue weighted by molar-refractivity contribution is 7.17. The van der Waals surface area contributed by atoms with Gasteiger partial charge in [-0.1, -0.05) is 0 Å². The molecule has 1 heterocycles. The number of hydrogen-bond acceptors (Lipinski definition) is 3. The smallest absolute Gasteiger partial charge is 0.0481 e. The van der Waals surface area contributed by atoms with Gasteiger partial charge in [-0.05, 0) is 48.4 Å². The molecular weight excluding hydrogens is 218 g/mol. The van der Waals surface area contributed by atoms with Gasteiger partial charge in [0.05, 0.1) is 0 Å². The second-order valence-electron chi connectivity index (χ2n) is 4.00. The maximum absolute atomic E-state index is 5.07. The first-order valence-corrected chi connectivity index (χ1v) is 6.40. The fourth-order valence-electron chi connectivity index (χ4n) is 1.71. The average molecular weight is 235 g/mol. The maximum atomic E-state index is 5.07. The number of fused-ring (bicyclic) bond motifs is 1. The molecule has 2 aromatic rings. The van der Waals surface area contributed by atoms with E-state index in [-0.39, 0.29) is 0 Å². The molecule has 0 aliphatic heterocycles. The van der Waals surface area contributed by atoms with Crippen LogP contribution in [-0.2, 0) is 4.74 Å². The zero-order valence-electron chi connectivity index (χ0n) is 9.69. The topological polar surface area (TPSA) is 21.3 Å². The number of methoxy groups -OCH3 is 1. The highest BCUT2D eigenvalue weighted by Gasteiger charge is 2.02. The Hall–Kier alpha value is -1.06. The summed E-state index contributed by atoms with van der Waals surface area (Å²) in [5, 5.41) is 6.92. The number of anilines is 1. The second kappa shape index (κ2) is 5.32. The third-order valence-electron chi connectivity index (χ3n) is 2.62. The lowest BCUT2D eigenvalue weighted by Gasteiger charge is -2.14. The zero-order valence-corrected chi connectivity index (χ0v) is 10.5. The Morgan fingerprint density at radius 3 is 3.06 bits per heavy atom. The molecule has 0 saturated heterocycles. The first-order valence-electron chi connectivity index (χ1n) is 5.52. The fourth-order valence-corrected chi connectivity index (χ4v) is 2.48. The van der Waals surface area contributed by atoms with Crippen molar-refractivity contribution in [2.45, 2.75) is 19.4 Å². The van der Waals surface area contributed by atoms with Crippen LogP contribution in [0.25, 0.3) is 10.1 Å². The quantitative estimate of drug-likeness (QED) is 0.852. The number of rotatable bonds is 5. The Labute approximate surface area is 100 Å². The van der Waals surface area contributed by atoms with E-state index >= 15 is 0 Å². The van der Waals surface area contributed by atoms with Crippen molar-refractivity contribution in [1.82, 2.24) is 0 Å². The summed E-state index contributed by atoms with van der Waals surface area (Å²) >= 11 is 1.78. The molecule has 3 heteroatoms. The van der Waals surface area contributed by atoms with Gasteiger partial charge in [0, 0.05) is 30.1 Å². The first-order chi connectivity index (χ1) is 7.79. The van der Waals surface area contributed by atoms with E-state index in [4.69, 9.17) is 4.74 Å². The molecular formula is C13H17NOS. The molecule has 0 fully saturated rings. The van der Waals surface area contributed by atoms with E-state index in [9.17, 15) is 0 Å². The lowest BCUT2D eigenvalue weighted by Crippen LogP contribution is -2.16. The van der Waals surface area contributed by atoms with Crippen LogP contribution in [0.2, 0.25) is 0 Å². The van der Waals surface area contributed by atoms with Crippen LogP contribution >= 0.6 is 11.3 Å². The molecule has 1 aromatic carbocycles. The molecule has 1 atom stereocenters. The predicted octanol–water partition coefficient (Wildman–Crippen LogP) is 3.74. The maximum Gasteiger partial charge on any atom is 0.0481 e.